The van der Waals surface area contributed by atoms with E-state index < -0.39 is 17.7 Å². The fourth-order valence-corrected chi connectivity index (χ4v) is 7.71. The Bertz CT molecular complexity index is 2040. The first-order valence-corrected chi connectivity index (χ1v) is 16.6. The van der Waals surface area contributed by atoms with Gasteiger partial charge in [-0.2, -0.15) is 5.10 Å². The highest BCUT2D eigenvalue weighted by Crippen LogP contribution is 2.44. The van der Waals surface area contributed by atoms with E-state index >= 15 is 0 Å². The third-order valence-corrected chi connectivity index (χ3v) is 9.92. The number of amides is 1. The van der Waals surface area contributed by atoms with Crippen molar-refractivity contribution in [2.75, 3.05) is 37.7 Å². The molecule has 1 amide bonds. The summed E-state index contributed by atoms with van der Waals surface area (Å²) in [5.74, 6) is -0.283. The molecular formula is C34H35ClN6O5S. The van der Waals surface area contributed by atoms with E-state index in [1.807, 2.05) is 74.7 Å². The number of ether oxygens (including phenoxy) is 2. The van der Waals surface area contributed by atoms with Crippen LogP contribution in [-0.2, 0) is 26.1 Å². The number of thiazole rings is 1. The molecule has 5 aromatic rings. The Hall–Kier alpha value is -4.10. The zero-order valence-electron chi connectivity index (χ0n) is 26.8. The quantitative estimate of drug-likeness (QED) is 0.236. The third-order valence-electron chi connectivity index (χ3n) is 8.56. The molecule has 7 rings (SSSR count). The summed E-state index contributed by atoms with van der Waals surface area (Å²) >= 11 is 7.72. The average molecular weight is 675 g/mol. The zero-order valence-corrected chi connectivity index (χ0v) is 28.4. The molecule has 2 fully saturated rings. The van der Waals surface area contributed by atoms with Crippen molar-refractivity contribution in [1.82, 2.24) is 24.6 Å². The monoisotopic (exact) mass is 674 g/mol. The maximum absolute atomic E-state index is 12.7. The van der Waals surface area contributed by atoms with Crippen molar-refractivity contribution in [2.24, 2.45) is 7.05 Å². The lowest BCUT2D eigenvalue weighted by atomic mass is 9.91. The summed E-state index contributed by atoms with van der Waals surface area (Å²) in [7, 11) is 1.90. The fraction of sp³-hybridized carbons (Fsp3) is 0.382. The first-order valence-electron chi connectivity index (χ1n) is 15.4. The van der Waals surface area contributed by atoms with E-state index in [4.69, 9.17) is 36.1 Å². The summed E-state index contributed by atoms with van der Waals surface area (Å²) in [6, 6.07) is 13.2. The van der Waals surface area contributed by atoms with Crippen molar-refractivity contribution >= 4 is 61.9 Å². The summed E-state index contributed by atoms with van der Waals surface area (Å²) in [6.07, 6.45) is -1.20. The topological polar surface area (TPSA) is 123 Å². The second kappa shape index (κ2) is 11.9. The summed E-state index contributed by atoms with van der Waals surface area (Å²) < 4.78 is 14.3. The second-order valence-electron chi connectivity index (χ2n) is 13.0. The van der Waals surface area contributed by atoms with Gasteiger partial charge in [0.1, 0.15) is 17.1 Å². The molecule has 47 heavy (non-hydrogen) atoms. The van der Waals surface area contributed by atoms with Gasteiger partial charge in [-0.25, -0.2) is 14.8 Å². The number of anilines is 1. The number of benzene rings is 2. The Morgan fingerprint density at radius 3 is 2.64 bits per heavy atom. The Morgan fingerprint density at radius 1 is 1.15 bits per heavy atom. The molecule has 0 radical (unpaired) electrons. The molecule has 0 unspecified atom stereocenters. The van der Waals surface area contributed by atoms with E-state index in [0.717, 1.165) is 43.8 Å². The van der Waals surface area contributed by atoms with Crippen LogP contribution in [0.25, 0.3) is 43.1 Å². The molecule has 0 aliphatic carbocycles. The molecule has 2 aliphatic rings. The van der Waals surface area contributed by atoms with Gasteiger partial charge in [0, 0.05) is 42.8 Å². The fourth-order valence-electron chi connectivity index (χ4n) is 6.48. The van der Waals surface area contributed by atoms with Crippen LogP contribution in [0.4, 0.5) is 5.82 Å². The molecule has 2 saturated heterocycles. The molecule has 5 heterocycles. The molecule has 0 saturated carbocycles. The van der Waals surface area contributed by atoms with E-state index in [2.05, 4.69) is 4.90 Å². The van der Waals surface area contributed by atoms with E-state index in [0.29, 0.717) is 47.5 Å². The number of piperazine rings is 1. The van der Waals surface area contributed by atoms with Crippen LogP contribution in [-0.4, -0.2) is 86.1 Å². The minimum Gasteiger partial charge on any atom is -0.479 e. The van der Waals surface area contributed by atoms with Crippen molar-refractivity contribution in [2.45, 2.75) is 45.4 Å². The standard InChI is InChI=1S/C34H35ClN6O5S/c1-18-14-23-30(27(19-6-8-20(35)9-7-19)26(18)29(33(43)44)46-34(2,3)4)47-32(37-23)22-10-11-24-28(36-22)31(38-39(24)5)40-12-13-41-21(15-40)16-45-17-25(41)42/h6-11,14,21,29H,12-13,15-17H2,1-5H3,(H,43,44)/t21-,29-/m0/s1. The van der Waals surface area contributed by atoms with Crippen LogP contribution in [0.15, 0.2) is 42.5 Å². The molecular weight excluding hydrogens is 640 g/mol. The van der Waals surface area contributed by atoms with Crippen molar-refractivity contribution < 1.29 is 24.2 Å². The van der Waals surface area contributed by atoms with Gasteiger partial charge < -0.3 is 24.4 Å². The predicted octanol–water partition coefficient (Wildman–Crippen LogP) is 5.86. The van der Waals surface area contributed by atoms with Gasteiger partial charge in [0.2, 0.25) is 5.91 Å². The zero-order chi connectivity index (χ0) is 33.2. The minimum atomic E-state index is -1.20. The number of carbonyl (C=O) groups is 2. The maximum Gasteiger partial charge on any atom is 0.337 e. The molecule has 11 nitrogen and oxygen atoms in total. The highest BCUT2D eigenvalue weighted by atomic mass is 35.5. The molecule has 2 aromatic carbocycles. The lowest BCUT2D eigenvalue weighted by molar-refractivity contribution is -0.160. The smallest absolute Gasteiger partial charge is 0.337 e. The number of carboxylic acid groups (broad SMARTS) is 1. The number of aryl methyl sites for hydroxylation is 2. The number of fused-ring (bicyclic) bond motifs is 3. The highest BCUT2D eigenvalue weighted by molar-refractivity contribution is 7.22. The first-order chi connectivity index (χ1) is 22.4. The van der Waals surface area contributed by atoms with E-state index in [9.17, 15) is 14.7 Å². The maximum atomic E-state index is 12.7. The van der Waals surface area contributed by atoms with Gasteiger partial charge in [-0.3, -0.25) is 9.48 Å². The molecule has 3 aromatic heterocycles. The van der Waals surface area contributed by atoms with Gasteiger partial charge >= 0.3 is 5.97 Å². The van der Waals surface area contributed by atoms with Crippen LogP contribution in [0.1, 0.15) is 38.0 Å². The van der Waals surface area contributed by atoms with E-state index in [1.54, 1.807) is 12.1 Å². The Kier molecular flexibility index (Phi) is 7.94. The number of halogens is 1. The normalized spacial score (nSPS) is 17.8. The van der Waals surface area contributed by atoms with Crippen molar-refractivity contribution in [3.8, 4) is 21.8 Å². The highest BCUT2D eigenvalue weighted by Gasteiger charge is 2.36. The van der Waals surface area contributed by atoms with Crippen molar-refractivity contribution in [3.63, 3.8) is 0 Å². The number of aromatic nitrogens is 4. The SMILES string of the molecule is Cc1cc2nc(-c3ccc4c(n3)c(N3CCN5C(=O)COC[C@@H]5C3)nn4C)sc2c(-c2ccc(Cl)cc2)c1[C@H](OC(C)(C)C)C(=O)O. The number of hydrogen-bond donors (Lipinski definition) is 1. The lowest BCUT2D eigenvalue weighted by Crippen LogP contribution is -2.60. The van der Waals surface area contributed by atoms with E-state index in [1.165, 1.54) is 11.3 Å². The lowest BCUT2D eigenvalue weighted by Gasteiger charge is -2.43. The first kappa shape index (κ1) is 31.5. The van der Waals surface area contributed by atoms with Gasteiger partial charge in [-0.15, -0.1) is 11.3 Å². The number of pyridine rings is 1. The second-order valence-corrected chi connectivity index (χ2v) is 14.5. The Labute approximate surface area is 280 Å². The summed E-state index contributed by atoms with van der Waals surface area (Å²) in [5, 5.41) is 16.5. The molecule has 2 atom stereocenters. The van der Waals surface area contributed by atoms with Crippen LogP contribution in [0.3, 0.4) is 0 Å². The van der Waals surface area contributed by atoms with Crippen molar-refractivity contribution in [3.05, 3.63) is 58.6 Å². The summed E-state index contributed by atoms with van der Waals surface area (Å²) in [6.45, 7) is 9.94. The molecule has 2 aliphatic heterocycles. The van der Waals surface area contributed by atoms with Crippen LogP contribution in [0.2, 0.25) is 5.02 Å². The number of rotatable bonds is 6. The number of nitrogens with zero attached hydrogens (tertiary/aromatic N) is 6. The van der Waals surface area contributed by atoms with E-state index in [-0.39, 0.29) is 18.6 Å². The molecule has 0 spiro atoms. The predicted molar refractivity (Wildman–Crippen MR) is 182 cm³/mol. The Balaban J connectivity index is 1.35. The van der Waals surface area contributed by atoms with Gasteiger partial charge in [-0.05, 0) is 69.2 Å². The average Bonchev–Trinajstić information content (AvgIpc) is 3.60. The summed E-state index contributed by atoms with van der Waals surface area (Å²) in [5.41, 5.74) is 5.27. The number of aliphatic carboxylic acids is 1. The van der Waals surface area contributed by atoms with Crippen LogP contribution < -0.4 is 4.90 Å². The molecule has 244 valence electrons. The van der Waals surface area contributed by atoms with Gasteiger partial charge in [0.05, 0.1) is 39.7 Å². The van der Waals surface area contributed by atoms with Gasteiger partial charge in [0.25, 0.3) is 0 Å². The van der Waals surface area contributed by atoms with Crippen LogP contribution >= 0.6 is 22.9 Å². The third kappa shape index (κ3) is 5.84. The molecule has 0 bridgehead atoms. The molecule has 13 heteroatoms. The molecule has 1 N–H and O–H groups in total. The van der Waals surface area contributed by atoms with Crippen molar-refractivity contribution in [1.29, 1.82) is 0 Å². The summed E-state index contributed by atoms with van der Waals surface area (Å²) in [4.78, 5) is 39.3. The number of carboxylic acids is 1. The number of hydrogen-bond acceptors (Lipinski definition) is 9. The number of morpholine rings is 1. The van der Waals surface area contributed by atoms with Gasteiger partial charge in [-0.1, -0.05) is 23.7 Å². The number of carbonyl (C=O) groups excluding carboxylic acids is 1. The minimum absolute atomic E-state index is 0.0269. The Morgan fingerprint density at radius 2 is 1.91 bits per heavy atom. The van der Waals surface area contributed by atoms with Crippen LogP contribution in [0.5, 0.6) is 0 Å². The van der Waals surface area contributed by atoms with Crippen LogP contribution in [0, 0.1) is 6.92 Å². The van der Waals surface area contributed by atoms with Gasteiger partial charge in [0.15, 0.2) is 11.9 Å². The largest absolute Gasteiger partial charge is 0.479 e.